The summed E-state index contributed by atoms with van der Waals surface area (Å²) in [6, 6.07) is 40.3. The van der Waals surface area contributed by atoms with Crippen LogP contribution in [0.2, 0.25) is 0 Å². The van der Waals surface area contributed by atoms with E-state index in [1.165, 1.54) is 16.3 Å². The number of carbonyl (C=O) groups is 1. The van der Waals surface area contributed by atoms with Crippen molar-refractivity contribution in [3.05, 3.63) is 149 Å². The number of nitrogens with zero attached hydrogens (tertiary/aromatic N) is 1. The second kappa shape index (κ2) is 12.0. The summed E-state index contributed by atoms with van der Waals surface area (Å²) < 4.78 is 6.09. The summed E-state index contributed by atoms with van der Waals surface area (Å²) in [4.78, 5) is 13.2. The smallest absolute Gasteiger partial charge is 0.247 e. The third-order valence-electron chi connectivity index (χ3n) is 6.72. The Morgan fingerprint density at radius 1 is 0.816 bits per heavy atom. The molecule has 188 valence electrons. The van der Waals surface area contributed by atoms with E-state index in [1.807, 2.05) is 78.9 Å². The van der Waals surface area contributed by atoms with Crippen LogP contribution in [0.5, 0.6) is 5.75 Å². The van der Waals surface area contributed by atoms with Crippen LogP contribution in [0.3, 0.4) is 0 Å². The molecule has 4 nitrogen and oxygen atoms in total. The number of carbonyl (C=O) groups excluding carboxylic acids is 1. The monoisotopic (exact) mass is 498 g/mol. The van der Waals surface area contributed by atoms with E-state index in [-0.39, 0.29) is 11.8 Å². The molecular formula is C34H30N2O2. The first kappa shape index (κ1) is 25.0. The van der Waals surface area contributed by atoms with E-state index >= 15 is 0 Å². The summed E-state index contributed by atoms with van der Waals surface area (Å²) >= 11 is 0. The van der Waals surface area contributed by atoms with Crippen LogP contribution < -0.4 is 10.2 Å². The summed E-state index contributed by atoms with van der Waals surface area (Å²) in [5, 5.41) is 6.66. The highest BCUT2D eigenvalue weighted by atomic mass is 16.5. The molecule has 4 heteroatoms. The zero-order chi connectivity index (χ0) is 26.2. The highest BCUT2D eigenvalue weighted by Crippen LogP contribution is 2.24. The van der Waals surface area contributed by atoms with Gasteiger partial charge in [-0.1, -0.05) is 109 Å². The number of fused-ring (bicyclic) bond motifs is 1. The normalized spacial score (nSPS) is 11.9. The predicted octanol–water partition coefficient (Wildman–Crippen LogP) is 7.20. The Morgan fingerprint density at radius 2 is 1.53 bits per heavy atom. The van der Waals surface area contributed by atoms with E-state index in [1.54, 1.807) is 6.21 Å². The molecule has 0 aromatic heterocycles. The van der Waals surface area contributed by atoms with Crippen molar-refractivity contribution in [2.45, 2.75) is 25.9 Å². The van der Waals surface area contributed by atoms with Crippen molar-refractivity contribution < 1.29 is 9.53 Å². The Hall–Kier alpha value is -4.70. The van der Waals surface area contributed by atoms with Crippen LogP contribution in [0.1, 0.15) is 33.7 Å². The Balaban J connectivity index is 1.25. The number of ether oxygens (including phenoxy) is 1. The van der Waals surface area contributed by atoms with E-state index in [2.05, 4.69) is 59.9 Å². The van der Waals surface area contributed by atoms with Gasteiger partial charge < -0.3 is 4.74 Å². The Morgan fingerprint density at radius 3 is 2.39 bits per heavy atom. The number of nitrogens with one attached hydrogen (secondary N) is 1. The van der Waals surface area contributed by atoms with Gasteiger partial charge in [0.2, 0.25) is 5.91 Å². The number of amides is 1. The van der Waals surface area contributed by atoms with Crippen molar-refractivity contribution in [2.24, 2.45) is 5.10 Å². The van der Waals surface area contributed by atoms with Crippen LogP contribution in [0, 0.1) is 6.92 Å². The van der Waals surface area contributed by atoms with Gasteiger partial charge in [-0.2, -0.15) is 5.10 Å². The first-order chi connectivity index (χ1) is 18.7. The van der Waals surface area contributed by atoms with Crippen molar-refractivity contribution in [2.75, 3.05) is 0 Å². The van der Waals surface area contributed by atoms with Gasteiger partial charge in [-0.05, 0) is 64.1 Å². The van der Waals surface area contributed by atoms with Gasteiger partial charge in [0.25, 0.3) is 0 Å². The first-order valence-electron chi connectivity index (χ1n) is 12.8. The van der Waals surface area contributed by atoms with Gasteiger partial charge in [-0.15, -0.1) is 0 Å². The third-order valence-corrected chi connectivity index (χ3v) is 6.72. The third kappa shape index (κ3) is 6.16. The highest BCUT2D eigenvalue weighted by Gasteiger charge is 2.21. The molecule has 5 aromatic carbocycles. The molecule has 1 amide bonds. The van der Waals surface area contributed by atoms with E-state index in [0.717, 1.165) is 28.0 Å². The van der Waals surface area contributed by atoms with E-state index in [4.69, 9.17) is 4.74 Å². The van der Waals surface area contributed by atoms with E-state index in [9.17, 15) is 4.79 Å². The van der Waals surface area contributed by atoms with Crippen molar-refractivity contribution >= 4 is 22.9 Å². The Kier molecular flexibility index (Phi) is 7.90. The molecule has 0 aliphatic heterocycles. The molecule has 0 saturated heterocycles. The molecule has 1 atom stereocenters. The summed E-state index contributed by atoms with van der Waals surface area (Å²) in [7, 11) is 0. The molecule has 0 radical (unpaired) electrons. The summed E-state index contributed by atoms with van der Waals surface area (Å²) in [5.74, 6) is 0.263. The van der Waals surface area contributed by atoms with Gasteiger partial charge in [0.15, 0.2) is 0 Å². The molecule has 5 rings (SSSR count). The fourth-order valence-corrected chi connectivity index (χ4v) is 4.62. The van der Waals surface area contributed by atoms with Gasteiger partial charge in [0.05, 0.1) is 12.1 Å². The maximum Gasteiger partial charge on any atom is 0.247 e. The maximum absolute atomic E-state index is 13.2. The molecule has 0 fully saturated rings. The zero-order valence-corrected chi connectivity index (χ0v) is 21.4. The molecule has 38 heavy (non-hydrogen) atoms. The minimum atomic E-state index is -0.343. The lowest BCUT2D eigenvalue weighted by atomic mass is 9.90. The van der Waals surface area contributed by atoms with Crippen molar-refractivity contribution in [3.63, 3.8) is 0 Å². The van der Waals surface area contributed by atoms with Crippen molar-refractivity contribution in [1.82, 2.24) is 5.43 Å². The topological polar surface area (TPSA) is 50.7 Å². The quantitative estimate of drug-likeness (QED) is 0.173. The van der Waals surface area contributed by atoms with Crippen LogP contribution in [0.25, 0.3) is 10.8 Å². The second-order valence-electron chi connectivity index (χ2n) is 9.33. The largest absolute Gasteiger partial charge is 0.489 e. The van der Waals surface area contributed by atoms with E-state index in [0.29, 0.717) is 13.0 Å². The van der Waals surface area contributed by atoms with Crippen LogP contribution in [0.4, 0.5) is 0 Å². The average molecular weight is 499 g/mol. The molecule has 0 aliphatic rings. The molecule has 0 bridgehead atoms. The second-order valence-corrected chi connectivity index (χ2v) is 9.33. The standard InChI is InChI=1S/C34H30N2O2/c1-25-11-5-6-16-29(25)22-33(28-13-3-2-4-14-28)34(37)36-35-23-26-12-9-19-31(21-26)38-24-30-18-10-17-27-15-7-8-20-32(27)30/h2-21,23,33H,22,24H2,1H3,(H,36,37). The first-order valence-corrected chi connectivity index (χ1v) is 12.8. The molecule has 1 N–H and O–H groups in total. The molecule has 1 unspecified atom stereocenters. The minimum Gasteiger partial charge on any atom is -0.489 e. The van der Waals surface area contributed by atoms with Gasteiger partial charge >= 0.3 is 0 Å². The SMILES string of the molecule is Cc1ccccc1CC(C(=O)NN=Cc1cccc(OCc2cccc3ccccc23)c1)c1ccccc1. The number of hydrogen-bond acceptors (Lipinski definition) is 3. The van der Waals surface area contributed by atoms with Gasteiger partial charge in [0, 0.05) is 0 Å². The van der Waals surface area contributed by atoms with Gasteiger partial charge in [-0.3, -0.25) is 4.79 Å². The lowest BCUT2D eigenvalue weighted by Crippen LogP contribution is -2.27. The number of benzene rings is 5. The lowest BCUT2D eigenvalue weighted by molar-refractivity contribution is -0.122. The summed E-state index contributed by atoms with van der Waals surface area (Å²) in [5.41, 5.74) is 8.02. The Labute approximate surface area is 223 Å². The molecule has 0 spiro atoms. The van der Waals surface area contributed by atoms with Crippen LogP contribution in [-0.2, 0) is 17.8 Å². The number of rotatable bonds is 9. The lowest BCUT2D eigenvalue weighted by Gasteiger charge is -2.17. The number of hydrogen-bond donors (Lipinski definition) is 1. The molecule has 0 aliphatic carbocycles. The predicted molar refractivity (Wildman–Crippen MR) is 155 cm³/mol. The minimum absolute atomic E-state index is 0.140. The van der Waals surface area contributed by atoms with Crippen molar-refractivity contribution in [3.8, 4) is 5.75 Å². The summed E-state index contributed by atoms with van der Waals surface area (Å²) in [6.07, 6.45) is 2.26. The fourth-order valence-electron chi connectivity index (χ4n) is 4.62. The van der Waals surface area contributed by atoms with Crippen LogP contribution in [-0.4, -0.2) is 12.1 Å². The van der Waals surface area contributed by atoms with Gasteiger partial charge in [-0.25, -0.2) is 5.43 Å². The van der Waals surface area contributed by atoms with E-state index < -0.39 is 0 Å². The molecular weight excluding hydrogens is 468 g/mol. The van der Waals surface area contributed by atoms with Crippen LogP contribution >= 0.6 is 0 Å². The highest BCUT2D eigenvalue weighted by molar-refractivity contribution is 5.87. The average Bonchev–Trinajstić information content (AvgIpc) is 2.96. The van der Waals surface area contributed by atoms with Crippen molar-refractivity contribution in [1.29, 1.82) is 0 Å². The molecule has 0 saturated carbocycles. The zero-order valence-electron chi connectivity index (χ0n) is 21.4. The molecule has 5 aromatic rings. The van der Waals surface area contributed by atoms with Crippen LogP contribution in [0.15, 0.2) is 126 Å². The maximum atomic E-state index is 13.2. The van der Waals surface area contributed by atoms with Gasteiger partial charge in [0.1, 0.15) is 12.4 Å². The number of hydrazone groups is 1. The number of aryl methyl sites for hydroxylation is 1. The molecule has 0 heterocycles. The fraction of sp³-hybridized carbons (Fsp3) is 0.118. The summed E-state index contributed by atoms with van der Waals surface area (Å²) in [6.45, 7) is 2.54. The Bertz CT molecular complexity index is 1550.